The number of hydrogen-bond donors (Lipinski definition) is 3. The quantitative estimate of drug-likeness (QED) is 0.401. The molecule has 0 spiro atoms. The Morgan fingerprint density at radius 1 is 1.06 bits per heavy atom. The average Bonchev–Trinajstić information content (AvgIpc) is 2.78. The highest BCUT2D eigenvalue weighted by molar-refractivity contribution is 5.35. The molecule has 0 aliphatic carbocycles. The summed E-state index contributed by atoms with van der Waals surface area (Å²) in [5, 5.41) is 29.8. The molecule has 3 N–H and O–H groups in total. The molecule has 0 fully saturated rings. The smallest absolute Gasteiger partial charge is 0.125 e. The lowest BCUT2D eigenvalue weighted by atomic mass is 10.0. The minimum Gasteiger partial charge on any atom is -0.491 e. The van der Waals surface area contributed by atoms with Crippen molar-refractivity contribution in [2.45, 2.75) is 31.7 Å². The standard InChI is InChI=1S/C25H32O6/c1-29-17-21(16-22(27)19-30-18-20-8-3-2-4-9-20)10-7-12-24(28)23-11-5-6-13-25(23)31-15-14-26/h2-9,11,13,22,24,26-28H,12,14-19H2,1H3/t10?,22-,24-/m0/s1. The number of aliphatic hydroxyl groups is 3. The molecule has 6 heteroatoms. The van der Waals surface area contributed by atoms with Gasteiger partial charge >= 0.3 is 0 Å². The summed E-state index contributed by atoms with van der Waals surface area (Å²) in [6, 6.07) is 17.0. The molecular formula is C25H32O6. The fourth-order valence-corrected chi connectivity index (χ4v) is 3.05. The fraction of sp³-hybridized carbons (Fsp3) is 0.400. The molecule has 0 amide bonds. The maximum atomic E-state index is 10.5. The van der Waals surface area contributed by atoms with E-state index in [1.165, 1.54) is 0 Å². The van der Waals surface area contributed by atoms with Gasteiger partial charge in [0.05, 0.1) is 38.6 Å². The molecule has 0 aromatic heterocycles. The summed E-state index contributed by atoms with van der Waals surface area (Å²) >= 11 is 0. The topological polar surface area (TPSA) is 88.4 Å². The lowest BCUT2D eigenvalue weighted by Gasteiger charge is -2.14. The molecule has 0 bridgehead atoms. The van der Waals surface area contributed by atoms with Crippen molar-refractivity contribution in [3.05, 3.63) is 83.1 Å². The van der Waals surface area contributed by atoms with Crippen molar-refractivity contribution in [3.8, 4) is 5.75 Å². The van der Waals surface area contributed by atoms with Crippen molar-refractivity contribution in [3.63, 3.8) is 0 Å². The highest BCUT2D eigenvalue weighted by Crippen LogP contribution is 2.27. The molecule has 0 saturated carbocycles. The Bertz CT molecular complexity index is 814. The lowest BCUT2D eigenvalue weighted by Crippen LogP contribution is -2.17. The van der Waals surface area contributed by atoms with Crippen molar-refractivity contribution in [1.29, 1.82) is 0 Å². The third-order valence-corrected chi connectivity index (χ3v) is 4.50. The number of methoxy groups -OCH3 is 1. The molecule has 0 aliphatic rings. The Hall–Kier alpha value is -2.44. The number of para-hydroxylation sites is 1. The zero-order valence-corrected chi connectivity index (χ0v) is 17.9. The van der Waals surface area contributed by atoms with Gasteiger partial charge in [0.15, 0.2) is 0 Å². The SMILES string of the molecule is COCC(=C=CC[C@H](O)c1ccccc1OCCO)C[C@H](O)COCc1ccccc1. The molecule has 0 radical (unpaired) electrons. The minimum absolute atomic E-state index is 0.0924. The van der Waals surface area contributed by atoms with Crippen LogP contribution in [0.5, 0.6) is 5.75 Å². The van der Waals surface area contributed by atoms with Gasteiger partial charge in [-0.15, -0.1) is 5.73 Å². The highest BCUT2D eigenvalue weighted by atomic mass is 16.5. The summed E-state index contributed by atoms with van der Waals surface area (Å²) in [6.07, 6.45) is 0.982. The maximum absolute atomic E-state index is 10.5. The third-order valence-electron chi connectivity index (χ3n) is 4.50. The minimum atomic E-state index is -0.773. The molecule has 2 aromatic rings. The van der Waals surface area contributed by atoms with Gasteiger partial charge in [-0.1, -0.05) is 48.5 Å². The second-order valence-electron chi connectivity index (χ2n) is 7.11. The van der Waals surface area contributed by atoms with Gasteiger partial charge in [-0.2, -0.15) is 0 Å². The molecule has 168 valence electrons. The Balaban J connectivity index is 1.90. The van der Waals surface area contributed by atoms with Gasteiger partial charge in [0, 0.05) is 25.5 Å². The number of rotatable bonds is 14. The lowest BCUT2D eigenvalue weighted by molar-refractivity contribution is 0.0273. The van der Waals surface area contributed by atoms with E-state index in [1.54, 1.807) is 25.3 Å². The average molecular weight is 429 g/mol. The fourth-order valence-electron chi connectivity index (χ4n) is 3.05. The van der Waals surface area contributed by atoms with Crippen molar-refractivity contribution < 1.29 is 29.5 Å². The predicted octanol–water partition coefficient (Wildman–Crippen LogP) is 3.18. The molecule has 2 rings (SSSR count). The van der Waals surface area contributed by atoms with E-state index in [2.05, 4.69) is 5.73 Å². The zero-order valence-electron chi connectivity index (χ0n) is 17.9. The molecule has 0 aliphatic heterocycles. The molecule has 2 atom stereocenters. The molecular weight excluding hydrogens is 396 g/mol. The van der Waals surface area contributed by atoms with Crippen LogP contribution in [0.1, 0.15) is 30.1 Å². The van der Waals surface area contributed by atoms with Crippen LogP contribution in [0.25, 0.3) is 0 Å². The molecule has 31 heavy (non-hydrogen) atoms. The highest BCUT2D eigenvalue weighted by Gasteiger charge is 2.12. The first-order valence-electron chi connectivity index (χ1n) is 10.4. The summed E-state index contributed by atoms with van der Waals surface area (Å²) < 4.78 is 16.3. The van der Waals surface area contributed by atoms with Crippen LogP contribution < -0.4 is 4.74 Å². The van der Waals surface area contributed by atoms with Crippen LogP contribution in [0, 0.1) is 0 Å². The first-order valence-corrected chi connectivity index (χ1v) is 10.4. The van der Waals surface area contributed by atoms with Crippen LogP contribution in [0.2, 0.25) is 0 Å². The van der Waals surface area contributed by atoms with Gasteiger partial charge in [0.2, 0.25) is 0 Å². The number of benzene rings is 2. The summed E-state index contributed by atoms with van der Waals surface area (Å²) in [4.78, 5) is 0. The summed E-state index contributed by atoms with van der Waals surface area (Å²) in [7, 11) is 1.59. The van der Waals surface area contributed by atoms with E-state index >= 15 is 0 Å². The zero-order chi connectivity index (χ0) is 22.3. The maximum Gasteiger partial charge on any atom is 0.125 e. The van der Waals surface area contributed by atoms with E-state index < -0.39 is 12.2 Å². The Labute approximate surface area is 184 Å². The van der Waals surface area contributed by atoms with Gasteiger partial charge < -0.3 is 29.5 Å². The molecule has 0 heterocycles. The third kappa shape index (κ3) is 9.49. The van der Waals surface area contributed by atoms with Crippen molar-refractivity contribution in [2.24, 2.45) is 0 Å². The predicted molar refractivity (Wildman–Crippen MR) is 119 cm³/mol. The van der Waals surface area contributed by atoms with E-state index in [-0.39, 0.29) is 19.8 Å². The van der Waals surface area contributed by atoms with Crippen LogP contribution in [0.4, 0.5) is 0 Å². The summed E-state index contributed by atoms with van der Waals surface area (Å²) in [6.45, 7) is 1.06. The summed E-state index contributed by atoms with van der Waals surface area (Å²) in [5.41, 5.74) is 5.63. The molecule has 0 unspecified atom stereocenters. The Kier molecular flexibility index (Phi) is 11.6. The van der Waals surface area contributed by atoms with Crippen LogP contribution in [-0.4, -0.2) is 55.0 Å². The Morgan fingerprint density at radius 2 is 1.81 bits per heavy atom. The van der Waals surface area contributed by atoms with Crippen molar-refractivity contribution >= 4 is 0 Å². The van der Waals surface area contributed by atoms with Crippen molar-refractivity contribution in [1.82, 2.24) is 0 Å². The van der Waals surface area contributed by atoms with Gasteiger partial charge in [0.1, 0.15) is 12.4 Å². The van der Waals surface area contributed by atoms with Crippen LogP contribution in [-0.2, 0) is 16.1 Å². The second-order valence-corrected chi connectivity index (χ2v) is 7.11. The van der Waals surface area contributed by atoms with E-state index in [9.17, 15) is 10.2 Å². The van der Waals surface area contributed by atoms with E-state index in [1.807, 2.05) is 42.5 Å². The number of aliphatic hydroxyl groups excluding tert-OH is 3. The second kappa shape index (κ2) is 14.5. The van der Waals surface area contributed by atoms with Gasteiger partial charge in [-0.3, -0.25) is 0 Å². The first-order chi connectivity index (χ1) is 15.1. The van der Waals surface area contributed by atoms with E-state index in [4.69, 9.17) is 19.3 Å². The van der Waals surface area contributed by atoms with Crippen LogP contribution >= 0.6 is 0 Å². The van der Waals surface area contributed by atoms with Gasteiger partial charge in [-0.25, -0.2) is 0 Å². The van der Waals surface area contributed by atoms with E-state index in [0.29, 0.717) is 37.4 Å². The van der Waals surface area contributed by atoms with Crippen molar-refractivity contribution in [2.75, 3.05) is 33.5 Å². The van der Waals surface area contributed by atoms with Gasteiger partial charge in [-0.05, 0) is 23.3 Å². The monoisotopic (exact) mass is 428 g/mol. The number of hydrogen-bond acceptors (Lipinski definition) is 6. The first kappa shape index (κ1) is 24.8. The van der Waals surface area contributed by atoms with Gasteiger partial charge in [0.25, 0.3) is 0 Å². The molecule has 0 saturated heterocycles. The largest absolute Gasteiger partial charge is 0.491 e. The van der Waals surface area contributed by atoms with E-state index in [0.717, 1.165) is 11.1 Å². The molecule has 2 aromatic carbocycles. The Morgan fingerprint density at radius 3 is 2.55 bits per heavy atom. The van der Waals surface area contributed by atoms with Crippen LogP contribution in [0.3, 0.4) is 0 Å². The number of ether oxygens (including phenoxy) is 3. The summed E-state index contributed by atoms with van der Waals surface area (Å²) in [5.74, 6) is 0.546. The molecule has 6 nitrogen and oxygen atoms in total. The van der Waals surface area contributed by atoms with Crippen LogP contribution in [0.15, 0.2) is 72.0 Å². The normalized spacial score (nSPS) is 12.6.